The van der Waals surface area contributed by atoms with Gasteiger partial charge < -0.3 is 9.47 Å². The molecular formula is C13H13FO4. The number of carbonyl (C=O) groups is 2. The third kappa shape index (κ3) is 3.69. The van der Waals surface area contributed by atoms with Crippen molar-refractivity contribution in [2.24, 2.45) is 0 Å². The van der Waals surface area contributed by atoms with Crippen LogP contribution in [0, 0.1) is 5.82 Å². The Labute approximate surface area is 104 Å². The Morgan fingerprint density at radius 2 is 2.00 bits per heavy atom. The number of esters is 2. The quantitative estimate of drug-likeness (QED) is 0.771. The summed E-state index contributed by atoms with van der Waals surface area (Å²) >= 11 is 0. The molecule has 0 spiro atoms. The largest absolute Gasteiger partial charge is 0.469 e. The van der Waals surface area contributed by atoms with Crippen molar-refractivity contribution in [2.45, 2.75) is 6.42 Å². The van der Waals surface area contributed by atoms with Crippen molar-refractivity contribution >= 4 is 18.0 Å². The number of hydrogen-bond acceptors (Lipinski definition) is 4. The van der Waals surface area contributed by atoms with Gasteiger partial charge in [0, 0.05) is 5.56 Å². The summed E-state index contributed by atoms with van der Waals surface area (Å²) in [6.07, 6.45) is 3.00. The average Bonchev–Trinajstić information content (AvgIpc) is 2.39. The van der Waals surface area contributed by atoms with Crippen LogP contribution in [0.15, 0.2) is 24.3 Å². The third-order valence-corrected chi connectivity index (χ3v) is 2.23. The normalized spacial score (nSPS) is 10.4. The summed E-state index contributed by atoms with van der Waals surface area (Å²) < 4.78 is 22.5. The summed E-state index contributed by atoms with van der Waals surface area (Å²) in [6, 6.07) is 3.98. The lowest BCUT2D eigenvalue weighted by molar-refractivity contribution is -0.139. The number of ether oxygens (including phenoxy) is 2. The fourth-order valence-corrected chi connectivity index (χ4v) is 1.27. The van der Waals surface area contributed by atoms with Gasteiger partial charge in [-0.3, -0.25) is 4.79 Å². The zero-order valence-corrected chi connectivity index (χ0v) is 10.1. The Balaban J connectivity index is 2.80. The van der Waals surface area contributed by atoms with E-state index in [-0.39, 0.29) is 17.5 Å². The first-order chi connectivity index (χ1) is 8.58. The zero-order chi connectivity index (χ0) is 13.5. The smallest absolute Gasteiger partial charge is 0.337 e. The highest BCUT2D eigenvalue weighted by Crippen LogP contribution is 2.13. The average molecular weight is 252 g/mol. The summed E-state index contributed by atoms with van der Waals surface area (Å²) in [5.74, 6) is -1.56. The van der Waals surface area contributed by atoms with Crippen LogP contribution in [-0.2, 0) is 14.3 Å². The number of halogens is 1. The van der Waals surface area contributed by atoms with Crippen molar-refractivity contribution in [3.8, 4) is 0 Å². The van der Waals surface area contributed by atoms with Crippen molar-refractivity contribution in [3.05, 3.63) is 41.2 Å². The van der Waals surface area contributed by atoms with Gasteiger partial charge in [0.1, 0.15) is 5.82 Å². The molecule has 0 saturated heterocycles. The highest BCUT2D eigenvalue weighted by molar-refractivity contribution is 5.89. The minimum Gasteiger partial charge on any atom is -0.469 e. The Hall–Kier alpha value is -2.17. The van der Waals surface area contributed by atoms with E-state index in [1.807, 2.05) is 0 Å². The van der Waals surface area contributed by atoms with Gasteiger partial charge >= 0.3 is 11.9 Å². The first kappa shape index (κ1) is 13.9. The van der Waals surface area contributed by atoms with Crippen molar-refractivity contribution in [3.63, 3.8) is 0 Å². The Bertz CT molecular complexity index is 480. The second-order valence-electron chi connectivity index (χ2n) is 3.41. The lowest BCUT2D eigenvalue weighted by Gasteiger charge is -2.01. The number of carbonyl (C=O) groups excluding carboxylic acids is 2. The van der Waals surface area contributed by atoms with E-state index in [9.17, 15) is 14.0 Å². The minimum absolute atomic E-state index is 0.0642. The molecule has 0 aliphatic heterocycles. The van der Waals surface area contributed by atoms with Gasteiger partial charge in [-0.05, 0) is 12.1 Å². The van der Waals surface area contributed by atoms with Crippen LogP contribution >= 0.6 is 0 Å². The molecule has 1 aromatic carbocycles. The monoisotopic (exact) mass is 252 g/mol. The van der Waals surface area contributed by atoms with Gasteiger partial charge in [-0.1, -0.05) is 18.2 Å². The standard InChI is InChI=1S/C13H13FO4/c1-17-12(15)5-3-4-9-6-7-10(8-11(9)14)13(16)18-2/h3-4,6-8H,5H2,1-2H3. The van der Waals surface area contributed by atoms with Crippen LogP contribution in [-0.4, -0.2) is 26.2 Å². The molecule has 0 aromatic heterocycles. The van der Waals surface area contributed by atoms with Gasteiger partial charge in [-0.25, -0.2) is 9.18 Å². The first-order valence-electron chi connectivity index (χ1n) is 5.19. The van der Waals surface area contributed by atoms with Crippen molar-refractivity contribution in [1.82, 2.24) is 0 Å². The van der Waals surface area contributed by atoms with Crippen LogP contribution < -0.4 is 0 Å². The molecule has 0 aliphatic carbocycles. The molecule has 0 N–H and O–H groups in total. The molecule has 0 aliphatic rings. The molecule has 0 unspecified atom stereocenters. The van der Waals surface area contributed by atoms with Crippen molar-refractivity contribution < 1.29 is 23.5 Å². The fraction of sp³-hybridized carbons (Fsp3) is 0.231. The lowest BCUT2D eigenvalue weighted by atomic mass is 10.1. The molecule has 0 radical (unpaired) electrons. The van der Waals surface area contributed by atoms with Crippen LogP contribution in [0.1, 0.15) is 22.3 Å². The zero-order valence-electron chi connectivity index (χ0n) is 10.1. The van der Waals surface area contributed by atoms with E-state index in [0.717, 1.165) is 6.07 Å². The second-order valence-corrected chi connectivity index (χ2v) is 3.41. The maximum atomic E-state index is 13.6. The highest BCUT2D eigenvalue weighted by Gasteiger charge is 2.08. The molecule has 1 aromatic rings. The third-order valence-electron chi connectivity index (χ3n) is 2.23. The van der Waals surface area contributed by atoms with Crippen LogP contribution in [0.5, 0.6) is 0 Å². The first-order valence-corrected chi connectivity index (χ1v) is 5.19. The van der Waals surface area contributed by atoms with Gasteiger partial charge in [0.15, 0.2) is 0 Å². The fourth-order valence-electron chi connectivity index (χ4n) is 1.27. The molecule has 5 heteroatoms. The topological polar surface area (TPSA) is 52.6 Å². The number of rotatable bonds is 4. The molecule has 18 heavy (non-hydrogen) atoms. The van der Waals surface area contributed by atoms with E-state index in [4.69, 9.17) is 0 Å². The van der Waals surface area contributed by atoms with E-state index in [1.54, 1.807) is 0 Å². The van der Waals surface area contributed by atoms with E-state index >= 15 is 0 Å². The van der Waals surface area contributed by atoms with Crippen LogP contribution in [0.4, 0.5) is 4.39 Å². The van der Waals surface area contributed by atoms with E-state index < -0.39 is 17.8 Å². The maximum absolute atomic E-state index is 13.6. The van der Waals surface area contributed by atoms with Crippen molar-refractivity contribution in [1.29, 1.82) is 0 Å². The molecule has 0 heterocycles. The Morgan fingerprint density at radius 1 is 1.28 bits per heavy atom. The highest BCUT2D eigenvalue weighted by atomic mass is 19.1. The summed E-state index contributed by atoms with van der Waals surface area (Å²) in [4.78, 5) is 22.0. The second kappa shape index (κ2) is 6.54. The van der Waals surface area contributed by atoms with Gasteiger partial charge in [-0.15, -0.1) is 0 Å². The predicted octanol–water partition coefficient (Wildman–Crippen LogP) is 2.19. The molecular weight excluding hydrogens is 239 g/mol. The molecule has 96 valence electrons. The summed E-state index contributed by atoms with van der Waals surface area (Å²) in [5, 5.41) is 0. The molecule has 0 saturated carbocycles. The molecule has 0 atom stereocenters. The maximum Gasteiger partial charge on any atom is 0.337 e. The van der Waals surface area contributed by atoms with E-state index in [2.05, 4.69) is 9.47 Å². The van der Waals surface area contributed by atoms with E-state index in [1.165, 1.54) is 38.5 Å². The number of benzene rings is 1. The van der Waals surface area contributed by atoms with Crippen LogP contribution in [0.3, 0.4) is 0 Å². The summed E-state index contributed by atoms with van der Waals surface area (Å²) in [5.41, 5.74) is 0.423. The van der Waals surface area contributed by atoms with Gasteiger partial charge in [0.2, 0.25) is 0 Å². The molecule has 1 rings (SSSR count). The molecule has 0 bridgehead atoms. The van der Waals surface area contributed by atoms with E-state index in [0.29, 0.717) is 0 Å². The predicted molar refractivity (Wildman–Crippen MR) is 63.4 cm³/mol. The molecule has 4 nitrogen and oxygen atoms in total. The van der Waals surface area contributed by atoms with Gasteiger partial charge in [-0.2, -0.15) is 0 Å². The SMILES string of the molecule is COC(=O)CC=Cc1ccc(C(=O)OC)cc1F. The van der Waals surface area contributed by atoms with Crippen LogP contribution in [0.25, 0.3) is 6.08 Å². The number of hydrogen-bond donors (Lipinski definition) is 0. The van der Waals surface area contributed by atoms with Gasteiger partial charge in [0.05, 0.1) is 26.2 Å². The molecule has 0 amide bonds. The van der Waals surface area contributed by atoms with Gasteiger partial charge in [0.25, 0.3) is 0 Å². The molecule has 0 fully saturated rings. The van der Waals surface area contributed by atoms with Crippen molar-refractivity contribution in [2.75, 3.05) is 14.2 Å². The minimum atomic E-state index is -0.598. The Kier molecular flexibility index (Phi) is 5.05. The Morgan fingerprint density at radius 3 is 2.56 bits per heavy atom. The summed E-state index contributed by atoms with van der Waals surface area (Å²) in [7, 11) is 2.51. The lowest BCUT2D eigenvalue weighted by Crippen LogP contribution is -2.02. The summed E-state index contributed by atoms with van der Waals surface area (Å²) in [6.45, 7) is 0. The number of methoxy groups -OCH3 is 2. The van der Waals surface area contributed by atoms with Crippen LogP contribution in [0.2, 0.25) is 0 Å².